The van der Waals surface area contributed by atoms with Crippen LogP contribution in [-0.4, -0.2) is 42.4 Å². The molecule has 0 aromatic heterocycles. The highest BCUT2D eigenvalue weighted by Crippen LogP contribution is 2.84. The summed E-state index contributed by atoms with van der Waals surface area (Å²) < 4.78 is 12.7. The molecule has 9 fully saturated rings. The lowest BCUT2D eigenvalue weighted by Gasteiger charge is -2.76. The van der Waals surface area contributed by atoms with Crippen molar-refractivity contribution in [3.8, 4) is 0 Å². The highest BCUT2D eigenvalue weighted by Gasteiger charge is 2.88. The fraction of sp³-hybridized carbons (Fsp3) is 0.957. The summed E-state index contributed by atoms with van der Waals surface area (Å²) in [7, 11) is 1.59. The average Bonchev–Trinajstić information content (AvgIpc) is 3.22. The van der Waals surface area contributed by atoms with Crippen LogP contribution >= 0.6 is 0 Å². The summed E-state index contributed by atoms with van der Waals surface area (Å²) >= 11 is 0. The normalized spacial score (nSPS) is 64.7. The van der Waals surface area contributed by atoms with Crippen molar-refractivity contribution in [2.24, 2.45) is 46.3 Å². The Hall–Kier alpha value is -0.610. The van der Waals surface area contributed by atoms with E-state index in [-0.39, 0.29) is 22.9 Å². The van der Waals surface area contributed by atoms with E-state index in [1.807, 2.05) is 0 Å². The summed E-state index contributed by atoms with van der Waals surface area (Å²) in [4.78, 5) is 15.8. The van der Waals surface area contributed by atoms with E-state index < -0.39 is 0 Å². The molecule has 0 aromatic carbocycles. The number of nitrogens with zero attached hydrogens (tertiary/aromatic N) is 1. The van der Waals surface area contributed by atoms with Crippen LogP contribution in [0, 0.1) is 46.3 Å². The van der Waals surface area contributed by atoms with Crippen LogP contribution in [0.4, 0.5) is 0 Å². The molecule has 27 heavy (non-hydrogen) atoms. The molecule has 148 valence electrons. The third-order valence-corrected chi connectivity index (χ3v) is 11.4. The lowest BCUT2D eigenvalue weighted by Crippen LogP contribution is -2.81. The van der Waals surface area contributed by atoms with Crippen molar-refractivity contribution in [1.82, 2.24) is 4.90 Å². The fourth-order valence-corrected chi connectivity index (χ4v) is 10.8. The van der Waals surface area contributed by atoms with E-state index in [4.69, 9.17) is 9.47 Å². The Morgan fingerprint density at radius 3 is 2.70 bits per heavy atom. The maximum absolute atomic E-state index is 13.0. The van der Waals surface area contributed by atoms with Gasteiger partial charge >= 0.3 is 5.97 Å². The van der Waals surface area contributed by atoms with Gasteiger partial charge in [-0.1, -0.05) is 13.8 Å². The molecule has 5 heterocycles. The monoisotopic (exact) mass is 371 g/mol. The first-order valence-corrected chi connectivity index (χ1v) is 11.5. The number of rotatable bonds is 1. The third kappa shape index (κ3) is 1.35. The molecule has 0 aromatic rings. The minimum atomic E-state index is -0.0395. The number of carbonyl (C=O) groups excluding carboxylic acids is 1. The zero-order valence-corrected chi connectivity index (χ0v) is 16.9. The van der Waals surface area contributed by atoms with E-state index in [1.165, 1.54) is 45.1 Å². The first-order valence-electron chi connectivity index (χ1n) is 11.5. The van der Waals surface area contributed by atoms with Crippen molar-refractivity contribution in [3.05, 3.63) is 0 Å². The van der Waals surface area contributed by atoms with Gasteiger partial charge in [-0.3, -0.25) is 9.69 Å². The van der Waals surface area contributed by atoms with Crippen molar-refractivity contribution in [1.29, 1.82) is 0 Å². The van der Waals surface area contributed by atoms with Gasteiger partial charge in [-0.25, -0.2) is 0 Å². The van der Waals surface area contributed by atoms with E-state index >= 15 is 0 Å². The molecule has 4 saturated carbocycles. The number of carbonyl (C=O) groups is 1. The maximum Gasteiger partial charge on any atom is 0.309 e. The molecule has 4 aliphatic carbocycles. The molecule has 11 atom stereocenters. The number of piperidine rings is 1. The van der Waals surface area contributed by atoms with Crippen molar-refractivity contribution in [2.75, 3.05) is 13.7 Å². The first-order chi connectivity index (χ1) is 13.0. The standard InChI is InChI=1S/C23H33NO3/c1-12-11-24-18-14(12)8-9-21(2)17-7-5-13-4-6-16-15(20(25)26-3)10-22(18,21)23(13,16)27-19(17)24/h12-19H,4-11H2,1-3H3/t12-,13-,14+,15-,16-,17+,18+,19-,21+,22+,23+/m1/s1. The highest BCUT2D eigenvalue weighted by molar-refractivity contribution is 5.74. The topological polar surface area (TPSA) is 38.8 Å². The second-order valence-corrected chi connectivity index (χ2v) is 11.4. The maximum atomic E-state index is 13.0. The molecule has 2 spiro atoms. The number of esters is 1. The molecule has 5 saturated heterocycles. The Labute approximate surface area is 162 Å². The van der Waals surface area contributed by atoms with Crippen LogP contribution in [0.5, 0.6) is 0 Å². The summed E-state index contributed by atoms with van der Waals surface area (Å²) in [5.41, 5.74) is 0.480. The van der Waals surface area contributed by atoms with Crippen LogP contribution in [-0.2, 0) is 14.3 Å². The van der Waals surface area contributed by atoms with Crippen LogP contribution in [0.2, 0.25) is 0 Å². The van der Waals surface area contributed by atoms with Gasteiger partial charge in [-0.15, -0.1) is 0 Å². The van der Waals surface area contributed by atoms with Crippen LogP contribution in [0.15, 0.2) is 0 Å². The second kappa shape index (κ2) is 4.59. The van der Waals surface area contributed by atoms with Crippen molar-refractivity contribution >= 4 is 5.97 Å². The zero-order valence-electron chi connectivity index (χ0n) is 16.9. The number of hydrogen-bond acceptors (Lipinski definition) is 4. The Balaban J connectivity index is 1.53. The minimum Gasteiger partial charge on any atom is -0.469 e. The van der Waals surface area contributed by atoms with Crippen molar-refractivity contribution < 1.29 is 14.3 Å². The summed E-state index contributed by atoms with van der Waals surface area (Å²) in [6.07, 6.45) is 9.19. The van der Waals surface area contributed by atoms with Gasteiger partial charge < -0.3 is 9.47 Å². The van der Waals surface area contributed by atoms with Gasteiger partial charge in [0.25, 0.3) is 0 Å². The van der Waals surface area contributed by atoms with E-state index in [9.17, 15) is 4.79 Å². The summed E-state index contributed by atoms with van der Waals surface area (Å²) in [5, 5.41) is 0. The molecule has 5 aliphatic heterocycles. The predicted molar refractivity (Wildman–Crippen MR) is 99.6 cm³/mol. The molecular formula is C23H33NO3. The Morgan fingerprint density at radius 1 is 1.15 bits per heavy atom. The molecule has 0 unspecified atom stereocenters. The predicted octanol–water partition coefficient (Wildman–Crippen LogP) is 3.45. The molecule has 0 N–H and O–H groups in total. The summed E-state index contributed by atoms with van der Waals surface area (Å²) in [6.45, 7) is 6.32. The summed E-state index contributed by atoms with van der Waals surface area (Å²) in [5.74, 6) is 3.41. The third-order valence-electron chi connectivity index (χ3n) is 11.4. The van der Waals surface area contributed by atoms with Gasteiger partial charge in [0.15, 0.2) is 0 Å². The number of ether oxygens (including phenoxy) is 2. The van der Waals surface area contributed by atoms with Gasteiger partial charge in [0.2, 0.25) is 0 Å². The van der Waals surface area contributed by atoms with Crippen molar-refractivity contribution in [2.45, 2.75) is 76.7 Å². The second-order valence-electron chi connectivity index (χ2n) is 11.4. The molecule has 0 amide bonds. The van der Waals surface area contributed by atoms with Crippen molar-refractivity contribution in [3.63, 3.8) is 0 Å². The number of methoxy groups -OCH3 is 1. The number of fused-ring (bicyclic) bond motifs is 1. The number of hydrogen-bond donors (Lipinski definition) is 0. The van der Waals surface area contributed by atoms with Crippen LogP contribution in [0.3, 0.4) is 0 Å². The van der Waals surface area contributed by atoms with E-state index in [2.05, 4.69) is 18.7 Å². The Kier molecular flexibility index (Phi) is 2.75. The highest BCUT2D eigenvalue weighted by atomic mass is 16.5. The van der Waals surface area contributed by atoms with Gasteiger partial charge in [-0.2, -0.15) is 0 Å². The SMILES string of the molecule is COC(=O)[C@@H]1C[C@]23[C@@H]4[C@H]5CC[C@@]2(C)[C@H]2CC[C@H]6CC[C@H]1[C@@]63O[C@H]2N4C[C@H]5C. The minimum absolute atomic E-state index is 0.0395. The molecule has 9 rings (SSSR count). The zero-order chi connectivity index (χ0) is 18.3. The first kappa shape index (κ1) is 16.2. The molecule has 4 heteroatoms. The summed E-state index contributed by atoms with van der Waals surface area (Å²) in [6, 6.07) is 0.650. The molecule has 6 bridgehead atoms. The quantitative estimate of drug-likeness (QED) is 0.662. The van der Waals surface area contributed by atoms with Gasteiger partial charge in [0.05, 0.1) is 18.6 Å². The van der Waals surface area contributed by atoms with E-state index in [0.29, 0.717) is 35.4 Å². The Morgan fingerprint density at radius 2 is 1.93 bits per heavy atom. The lowest BCUT2D eigenvalue weighted by atomic mass is 9.40. The van der Waals surface area contributed by atoms with Gasteiger partial charge in [0.1, 0.15) is 6.23 Å². The molecular weight excluding hydrogens is 338 g/mol. The Bertz CT molecular complexity index is 739. The van der Waals surface area contributed by atoms with Crippen LogP contribution < -0.4 is 0 Å². The van der Waals surface area contributed by atoms with E-state index in [0.717, 1.165) is 18.3 Å². The van der Waals surface area contributed by atoms with Crippen LogP contribution in [0.1, 0.15) is 58.8 Å². The molecule has 9 aliphatic rings. The average molecular weight is 372 g/mol. The van der Waals surface area contributed by atoms with Gasteiger partial charge in [-0.05, 0) is 68.1 Å². The largest absolute Gasteiger partial charge is 0.469 e. The van der Waals surface area contributed by atoms with E-state index in [1.54, 1.807) is 7.11 Å². The van der Waals surface area contributed by atoms with Gasteiger partial charge in [0, 0.05) is 29.8 Å². The smallest absolute Gasteiger partial charge is 0.309 e. The fourth-order valence-electron chi connectivity index (χ4n) is 10.8. The lowest BCUT2D eigenvalue weighted by molar-refractivity contribution is -0.392. The molecule has 0 radical (unpaired) electrons. The van der Waals surface area contributed by atoms with Crippen LogP contribution in [0.25, 0.3) is 0 Å². The molecule has 4 nitrogen and oxygen atoms in total.